The summed E-state index contributed by atoms with van der Waals surface area (Å²) < 4.78 is 7.55. The lowest BCUT2D eigenvalue weighted by Crippen LogP contribution is -2.30. The van der Waals surface area contributed by atoms with Crippen LogP contribution in [0.1, 0.15) is 23.1 Å². The lowest BCUT2D eigenvalue weighted by molar-refractivity contribution is 0.459. The van der Waals surface area contributed by atoms with Crippen LogP contribution in [0.25, 0.3) is 11.0 Å². The highest BCUT2D eigenvalue weighted by Crippen LogP contribution is 2.31. The molecule has 3 N–H and O–H groups in total. The zero-order chi connectivity index (χ0) is 14.3. The van der Waals surface area contributed by atoms with E-state index in [1.54, 1.807) is 10.9 Å². The van der Waals surface area contributed by atoms with Crippen LogP contribution in [-0.4, -0.2) is 9.78 Å². The zero-order valence-corrected chi connectivity index (χ0v) is 12.0. The van der Waals surface area contributed by atoms with Crippen molar-refractivity contribution < 1.29 is 4.42 Å². The Hall–Kier alpha value is -1.82. The van der Waals surface area contributed by atoms with Gasteiger partial charge < -0.3 is 4.42 Å². The van der Waals surface area contributed by atoms with E-state index in [1.165, 1.54) is 5.56 Å². The normalized spacial score (nSPS) is 13.0. The number of aromatic nitrogens is 2. The number of hydrogen-bond donors (Lipinski definition) is 2. The van der Waals surface area contributed by atoms with Crippen molar-refractivity contribution in [1.29, 1.82) is 0 Å². The Bertz CT molecular complexity index is 742. The molecule has 0 saturated heterocycles. The number of nitrogens with one attached hydrogen (secondary N) is 1. The number of hydrazine groups is 1. The average molecular weight is 291 g/mol. The predicted molar refractivity (Wildman–Crippen MR) is 78.3 cm³/mol. The van der Waals surface area contributed by atoms with E-state index >= 15 is 0 Å². The second-order valence-corrected chi connectivity index (χ2v) is 5.20. The van der Waals surface area contributed by atoms with Gasteiger partial charge in [-0.15, -0.1) is 0 Å². The molecule has 3 rings (SSSR count). The topological polar surface area (TPSA) is 69.0 Å². The van der Waals surface area contributed by atoms with Crippen LogP contribution in [0.4, 0.5) is 0 Å². The van der Waals surface area contributed by atoms with Gasteiger partial charge in [0.05, 0.1) is 16.9 Å². The monoisotopic (exact) mass is 290 g/mol. The lowest BCUT2D eigenvalue weighted by Gasteiger charge is -2.14. The first-order valence-electron chi connectivity index (χ1n) is 6.24. The number of aryl methyl sites for hydroxylation is 2. The van der Waals surface area contributed by atoms with Crippen LogP contribution in [-0.2, 0) is 7.05 Å². The maximum Gasteiger partial charge on any atom is 0.134 e. The molecule has 5 nitrogen and oxygen atoms in total. The van der Waals surface area contributed by atoms with E-state index in [-0.39, 0.29) is 6.04 Å². The first-order valence-corrected chi connectivity index (χ1v) is 6.61. The van der Waals surface area contributed by atoms with Crippen LogP contribution < -0.4 is 11.3 Å². The summed E-state index contributed by atoms with van der Waals surface area (Å²) in [6, 6.07) is 7.66. The Labute approximate surface area is 121 Å². The second-order valence-electron chi connectivity index (χ2n) is 4.79. The van der Waals surface area contributed by atoms with Crippen molar-refractivity contribution in [1.82, 2.24) is 15.2 Å². The molecule has 6 heteroatoms. The number of furan rings is 1. The summed E-state index contributed by atoms with van der Waals surface area (Å²) >= 11 is 6.17. The van der Waals surface area contributed by atoms with Crippen molar-refractivity contribution in [2.45, 2.75) is 13.0 Å². The fourth-order valence-electron chi connectivity index (χ4n) is 2.37. The molecule has 0 saturated carbocycles. The smallest absolute Gasteiger partial charge is 0.134 e. The van der Waals surface area contributed by atoms with Crippen molar-refractivity contribution in [3.8, 4) is 0 Å². The van der Waals surface area contributed by atoms with Gasteiger partial charge in [-0.1, -0.05) is 23.2 Å². The zero-order valence-electron chi connectivity index (χ0n) is 11.2. The minimum atomic E-state index is -0.345. The third-order valence-electron chi connectivity index (χ3n) is 3.35. The van der Waals surface area contributed by atoms with Gasteiger partial charge in [-0.05, 0) is 25.1 Å². The number of nitrogens with two attached hydrogens (primary N) is 1. The van der Waals surface area contributed by atoms with E-state index < -0.39 is 0 Å². The molecular weight excluding hydrogens is 276 g/mol. The van der Waals surface area contributed by atoms with Crippen molar-refractivity contribution >= 4 is 22.6 Å². The maximum absolute atomic E-state index is 6.17. The van der Waals surface area contributed by atoms with E-state index in [4.69, 9.17) is 21.9 Å². The fourth-order valence-corrected chi connectivity index (χ4v) is 2.64. The molecule has 1 atom stereocenters. The first kappa shape index (κ1) is 13.2. The highest BCUT2D eigenvalue weighted by atomic mass is 35.5. The highest BCUT2D eigenvalue weighted by Gasteiger charge is 2.23. The van der Waals surface area contributed by atoms with Gasteiger partial charge in [-0.25, -0.2) is 5.43 Å². The first-order chi connectivity index (χ1) is 9.60. The van der Waals surface area contributed by atoms with Crippen molar-refractivity contribution in [3.05, 3.63) is 52.5 Å². The number of nitrogens with zero attached hydrogens (tertiary/aromatic N) is 2. The lowest BCUT2D eigenvalue weighted by atomic mass is 10.1. The molecular formula is C14H15ClN4O. The summed E-state index contributed by atoms with van der Waals surface area (Å²) in [5.74, 6) is 6.38. The van der Waals surface area contributed by atoms with E-state index in [1.807, 2.05) is 32.2 Å². The third-order valence-corrected chi connectivity index (χ3v) is 3.64. The summed E-state index contributed by atoms with van der Waals surface area (Å²) in [5.41, 5.74) is 5.51. The van der Waals surface area contributed by atoms with Crippen LogP contribution in [0.5, 0.6) is 0 Å². The van der Waals surface area contributed by atoms with Crippen LogP contribution in [0.3, 0.4) is 0 Å². The van der Waals surface area contributed by atoms with Gasteiger partial charge in [-0.3, -0.25) is 10.5 Å². The highest BCUT2D eigenvalue weighted by molar-refractivity contribution is 6.31. The average Bonchev–Trinajstić information content (AvgIpc) is 2.97. The van der Waals surface area contributed by atoms with E-state index in [2.05, 4.69) is 16.6 Å². The molecule has 104 valence electrons. The summed E-state index contributed by atoms with van der Waals surface area (Å²) in [5, 5.41) is 5.71. The molecule has 0 aliphatic rings. The number of benzene rings is 1. The quantitative estimate of drug-likeness (QED) is 0.575. The number of rotatable bonds is 3. The van der Waals surface area contributed by atoms with Gasteiger partial charge in [0, 0.05) is 12.4 Å². The standard InChI is InChI=1S/C14H15ClN4O/c1-8-3-4-11-9(5-8)6-12(20-11)13(18-16)14-10(15)7-17-19(14)2/h3-7,13,18H,16H2,1-2H3. The molecule has 1 unspecified atom stereocenters. The summed E-state index contributed by atoms with van der Waals surface area (Å²) in [7, 11) is 1.82. The summed E-state index contributed by atoms with van der Waals surface area (Å²) in [6.45, 7) is 2.04. The van der Waals surface area contributed by atoms with Crippen molar-refractivity contribution in [2.75, 3.05) is 0 Å². The van der Waals surface area contributed by atoms with Gasteiger partial charge in [0.15, 0.2) is 0 Å². The largest absolute Gasteiger partial charge is 0.459 e. The molecule has 2 aromatic heterocycles. The number of halogens is 1. The molecule has 0 bridgehead atoms. The minimum Gasteiger partial charge on any atom is -0.459 e. The van der Waals surface area contributed by atoms with Gasteiger partial charge in [-0.2, -0.15) is 5.10 Å². The fraction of sp³-hybridized carbons (Fsp3) is 0.214. The Balaban J connectivity index is 2.12. The van der Waals surface area contributed by atoms with E-state index in [9.17, 15) is 0 Å². The predicted octanol–water partition coefficient (Wildman–Crippen LogP) is 2.68. The Kier molecular flexibility index (Phi) is 3.25. The minimum absolute atomic E-state index is 0.345. The maximum atomic E-state index is 6.17. The van der Waals surface area contributed by atoms with Crippen LogP contribution in [0, 0.1) is 6.92 Å². The number of hydrogen-bond acceptors (Lipinski definition) is 4. The molecule has 0 fully saturated rings. The molecule has 0 aliphatic heterocycles. The van der Waals surface area contributed by atoms with E-state index in [0.29, 0.717) is 10.8 Å². The Morgan fingerprint density at radius 3 is 2.85 bits per heavy atom. The van der Waals surface area contributed by atoms with Crippen LogP contribution in [0.2, 0.25) is 5.02 Å². The molecule has 1 aromatic carbocycles. The van der Waals surface area contributed by atoms with E-state index in [0.717, 1.165) is 16.7 Å². The van der Waals surface area contributed by atoms with Gasteiger partial charge in [0.2, 0.25) is 0 Å². The second kappa shape index (κ2) is 4.94. The molecule has 0 aliphatic carbocycles. The SMILES string of the molecule is Cc1ccc2oc(C(NN)c3c(Cl)cnn3C)cc2c1. The molecule has 20 heavy (non-hydrogen) atoms. The third kappa shape index (κ3) is 2.10. The number of fused-ring (bicyclic) bond motifs is 1. The van der Waals surface area contributed by atoms with Gasteiger partial charge in [0.25, 0.3) is 0 Å². The van der Waals surface area contributed by atoms with Gasteiger partial charge in [0.1, 0.15) is 17.4 Å². The van der Waals surface area contributed by atoms with Gasteiger partial charge >= 0.3 is 0 Å². The summed E-state index contributed by atoms with van der Waals surface area (Å²) in [4.78, 5) is 0. The molecule has 3 aromatic rings. The molecule has 2 heterocycles. The van der Waals surface area contributed by atoms with Crippen LogP contribution >= 0.6 is 11.6 Å². The molecule has 0 radical (unpaired) electrons. The summed E-state index contributed by atoms with van der Waals surface area (Å²) in [6.07, 6.45) is 1.59. The molecule has 0 amide bonds. The van der Waals surface area contributed by atoms with Crippen molar-refractivity contribution in [3.63, 3.8) is 0 Å². The molecule has 0 spiro atoms. The Morgan fingerprint density at radius 1 is 1.40 bits per heavy atom. The van der Waals surface area contributed by atoms with Crippen LogP contribution in [0.15, 0.2) is 34.9 Å². The Morgan fingerprint density at radius 2 is 2.20 bits per heavy atom. The van der Waals surface area contributed by atoms with Crippen molar-refractivity contribution in [2.24, 2.45) is 12.9 Å².